The van der Waals surface area contributed by atoms with Gasteiger partial charge in [0.25, 0.3) is 0 Å². The highest BCUT2D eigenvalue weighted by Gasteiger charge is 2.56. The Morgan fingerprint density at radius 3 is 0.882 bits per heavy atom. The van der Waals surface area contributed by atoms with E-state index in [1.807, 2.05) is 60.7 Å². The maximum atomic E-state index is 13.5. The highest BCUT2D eigenvalue weighted by molar-refractivity contribution is 7.98. The summed E-state index contributed by atoms with van der Waals surface area (Å²) in [5.74, 6) is 4.87. The standard InChI is InChI=1S/C21H18F3O3S2.C16H16F3OS.C13H10F3S.C12H27S.C8H11S.C3H9S/c1-15-13-19(14-16(2)20(15)27-29(25,26)21(22,23)24)28(17-9-5-3-6-10-17)18-11-7-4-8-12-18;1-11-9-14(10-12(2)15(11)20-3)21(16(17,18)19)13-7-5-4-6-8-13;14-13(15,16)17(11-7-3-1-4-8-11)12-9-5-2-6-10-12;1-4-7-10-13(11-8-5-2)12-9-6-3;1-9(2)8-6-4-3-5-7-8;1-4(2)3/h3-14H,1-2H3;4-10H,1-3H3;1-10H;4-12H2,1-3H3;3-7H,1-2H3;1-3H3/q6*+1. The Kier molecular flexibility index (Phi) is 36.8. The van der Waals surface area contributed by atoms with Crippen LogP contribution in [0.2, 0.25) is 0 Å². The van der Waals surface area contributed by atoms with Crippen molar-refractivity contribution in [2.45, 2.75) is 143 Å². The van der Waals surface area contributed by atoms with E-state index in [2.05, 4.69) is 86.6 Å². The summed E-state index contributed by atoms with van der Waals surface area (Å²) in [7, 11) is -6.71. The van der Waals surface area contributed by atoms with Gasteiger partial charge in [0.15, 0.2) is 61.0 Å². The molecule has 93 heavy (non-hydrogen) atoms. The van der Waals surface area contributed by atoms with E-state index in [0.717, 1.165) is 25.6 Å². The molecule has 0 N–H and O–H groups in total. The lowest BCUT2D eigenvalue weighted by Crippen LogP contribution is -2.28. The first kappa shape index (κ1) is 82.0. The summed E-state index contributed by atoms with van der Waals surface area (Å²) in [6, 6.07) is 60.5. The Bertz CT molecular complexity index is 3290. The van der Waals surface area contributed by atoms with Crippen molar-refractivity contribution in [1.29, 1.82) is 0 Å². The Balaban J connectivity index is 0.000000313. The van der Waals surface area contributed by atoms with E-state index in [9.17, 15) is 47.9 Å². The second-order valence-electron chi connectivity index (χ2n) is 21.5. The van der Waals surface area contributed by atoms with Crippen molar-refractivity contribution in [3.8, 4) is 11.5 Å². The first-order valence-corrected chi connectivity index (χ1v) is 41.4. The molecule has 8 rings (SSSR count). The van der Waals surface area contributed by atoms with Gasteiger partial charge in [-0.15, -0.1) is 26.3 Å². The molecule has 0 bridgehead atoms. The second-order valence-corrected chi connectivity index (χ2v) is 36.1. The summed E-state index contributed by atoms with van der Waals surface area (Å²) in [6.45, 7) is 13.5. The molecule has 0 spiro atoms. The monoisotopic (exact) mass is 1430 g/mol. The minimum absolute atomic E-state index is 0.268. The van der Waals surface area contributed by atoms with Gasteiger partial charge in [-0.3, -0.25) is 0 Å². The number of methoxy groups -OCH3 is 1. The fourth-order valence-corrected chi connectivity index (χ4v) is 18.4. The van der Waals surface area contributed by atoms with Crippen LogP contribution in [0.25, 0.3) is 0 Å². The molecule has 0 amide bonds. The summed E-state index contributed by atoms with van der Waals surface area (Å²) in [5.41, 5.74) is -12.0. The molecule has 20 heteroatoms. The highest BCUT2D eigenvalue weighted by atomic mass is 32.2. The largest absolute Gasteiger partial charge is 0.586 e. The zero-order valence-corrected chi connectivity index (χ0v) is 61.1. The fourth-order valence-electron chi connectivity index (χ4n) is 8.71. The van der Waals surface area contributed by atoms with Crippen molar-refractivity contribution < 1.29 is 56.9 Å². The van der Waals surface area contributed by atoms with Crippen molar-refractivity contribution >= 4 is 75.5 Å². The summed E-state index contributed by atoms with van der Waals surface area (Å²) in [4.78, 5) is 5.51. The van der Waals surface area contributed by atoms with Gasteiger partial charge in [0, 0.05) is 35.2 Å². The van der Waals surface area contributed by atoms with Crippen LogP contribution in [0.3, 0.4) is 0 Å². The normalized spacial score (nSPS) is 11.8. The van der Waals surface area contributed by atoms with Crippen molar-refractivity contribution in [1.82, 2.24) is 0 Å². The predicted octanol–water partition coefficient (Wildman–Crippen LogP) is 21.2. The quantitative estimate of drug-likeness (QED) is 0.0330. The minimum Gasteiger partial charge on any atom is -0.496 e. The van der Waals surface area contributed by atoms with Crippen molar-refractivity contribution in [3.05, 3.63) is 229 Å². The summed E-state index contributed by atoms with van der Waals surface area (Å²) < 4.78 is 151. The van der Waals surface area contributed by atoms with Gasteiger partial charge in [-0.2, -0.15) is 21.6 Å². The van der Waals surface area contributed by atoms with E-state index in [-0.39, 0.29) is 15.5 Å². The number of halogens is 9. The van der Waals surface area contributed by atoms with Crippen molar-refractivity contribution in [2.24, 2.45) is 0 Å². The molecule has 0 aliphatic rings. The fraction of sp³-hybridized carbons (Fsp3) is 0.342. The Hall–Kier alpha value is -5.22. The highest BCUT2D eigenvalue weighted by Crippen LogP contribution is 2.42. The number of hydrogen-bond acceptors (Lipinski definition) is 4. The van der Waals surface area contributed by atoms with Crippen LogP contribution >= 0.6 is 0 Å². The van der Waals surface area contributed by atoms with E-state index < -0.39 is 59.3 Å². The average molecular weight is 1430 g/mol. The molecule has 0 radical (unpaired) electrons. The summed E-state index contributed by atoms with van der Waals surface area (Å²) >= 11 is 0. The summed E-state index contributed by atoms with van der Waals surface area (Å²) in [5, 5.41) is 0. The molecule has 1 unspecified atom stereocenters. The van der Waals surface area contributed by atoms with E-state index in [4.69, 9.17) is 4.74 Å². The molecule has 0 aliphatic heterocycles. The second kappa shape index (κ2) is 41.7. The molecule has 0 aliphatic carbocycles. The van der Waals surface area contributed by atoms with Crippen LogP contribution in [0.15, 0.2) is 245 Å². The smallest absolute Gasteiger partial charge is 0.496 e. The van der Waals surface area contributed by atoms with Crippen LogP contribution in [0, 0.1) is 27.7 Å². The van der Waals surface area contributed by atoms with Crippen LogP contribution in [-0.2, 0) is 75.5 Å². The SMILES string of the molecule is CCCC[S+](CCCC)CCCC.COc1c(C)cc([S+](c2ccccc2)C(F)(F)F)cc1C.C[S+](C)C.C[S+](C)c1ccccc1.Cc1cc([S+](c2ccccc2)c2ccccc2)cc(C)c1OS(=O)(=O)C(F)(F)F.FC(F)(F)[S+](c1ccccc1)c1ccccc1. The molecule has 0 fully saturated rings. The zero-order chi connectivity index (χ0) is 69.4. The third-order valence-electron chi connectivity index (χ3n) is 13.0. The number of unbranched alkanes of at least 4 members (excludes halogenated alkanes) is 3. The summed E-state index contributed by atoms with van der Waals surface area (Å²) in [6.07, 6.45) is 19.5. The van der Waals surface area contributed by atoms with Crippen LogP contribution in [-0.4, -0.2) is 80.6 Å². The lowest BCUT2D eigenvalue weighted by atomic mass is 10.1. The van der Waals surface area contributed by atoms with Gasteiger partial charge in [0.1, 0.15) is 41.3 Å². The maximum absolute atomic E-state index is 13.5. The first-order chi connectivity index (χ1) is 43.9. The van der Waals surface area contributed by atoms with Crippen molar-refractivity contribution in [3.63, 3.8) is 0 Å². The third kappa shape index (κ3) is 29.0. The van der Waals surface area contributed by atoms with Gasteiger partial charge in [-0.25, -0.2) is 0 Å². The third-order valence-corrected chi connectivity index (χ3v) is 23.8. The van der Waals surface area contributed by atoms with Gasteiger partial charge >= 0.3 is 26.6 Å². The van der Waals surface area contributed by atoms with Gasteiger partial charge in [0.2, 0.25) is 0 Å². The molecule has 0 heterocycles. The van der Waals surface area contributed by atoms with Crippen LogP contribution in [0.5, 0.6) is 11.5 Å². The predicted molar refractivity (Wildman–Crippen MR) is 384 cm³/mol. The van der Waals surface area contributed by atoms with Crippen LogP contribution < -0.4 is 8.92 Å². The minimum atomic E-state index is -5.73. The molecule has 0 saturated heterocycles. The van der Waals surface area contributed by atoms with Gasteiger partial charge in [-0.05, 0) is 164 Å². The van der Waals surface area contributed by atoms with Gasteiger partial charge in [-0.1, -0.05) is 149 Å². The molecular weight excluding hydrogens is 1340 g/mol. The van der Waals surface area contributed by atoms with E-state index in [1.165, 1.54) is 118 Å². The zero-order valence-electron chi connectivity index (χ0n) is 55.4. The van der Waals surface area contributed by atoms with Crippen LogP contribution in [0.1, 0.15) is 81.5 Å². The molecular formula is C73H91F9O4S7+6. The number of hydrogen-bond donors (Lipinski definition) is 0. The molecule has 4 nitrogen and oxygen atoms in total. The topological polar surface area (TPSA) is 52.6 Å². The molecule has 506 valence electrons. The van der Waals surface area contributed by atoms with Crippen molar-refractivity contribution in [2.75, 3.05) is 55.6 Å². The van der Waals surface area contributed by atoms with E-state index in [1.54, 1.807) is 92.7 Å². The number of rotatable bonds is 20. The molecule has 8 aromatic carbocycles. The number of ether oxygens (including phenoxy) is 1. The Morgan fingerprint density at radius 1 is 0.376 bits per heavy atom. The average Bonchev–Trinajstić information content (AvgIpc) is 0.912. The molecule has 0 saturated carbocycles. The molecule has 0 aromatic heterocycles. The van der Waals surface area contributed by atoms with Gasteiger partial charge < -0.3 is 8.92 Å². The van der Waals surface area contributed by atoms with Crippen LogP contribution in [0.4, 0.5) is 39.5 Å². The first-order valence-electron chi connectivity index (χ1n) is 30.1. The molecule has 8 aromatic rings. The maximum Gasteiger partial charge on any atom is 0.586 e. The molecule has 1 atom stereocenters. The number of alkyl halides is 9. The lowest BCUT2D eigenvalue weighted by molar-refractivity contribution is -0.0501. The van der Waals surface area contributed by atoms with Gasteiger partial charge in [0.05, 0.1) is 36.8 Å². The van der Waals surface area contributed by atoms with E-state index >= 15 is 0 Å². The number of benzene rings is 8. The van der Waals surface area contributed by atoms with E-state index in [0.29, 0.717) is 59.6 Å². The Morgan fingerprint density at radius 2 is 0.634 bits per heavy atom. The Labute approximate surface area is 566 Å². The lowest BCUT2D eigenvalue weighted by Gasteiger charge is -2.15. The number of aryl methyl sites for hydroxylation is 4.